The number of halogens is 2. The highest BCUT2D eigenvalue weighted by molar-refractivity contribution is 8.21. The summed E-state index contributed by atoms with van der Waals surface area (Å²) in [6, 6.07) is 13.9. The molecule has 192 valence electrons. The van der Waals surface area contributed by atoms with Gasteiger partial charge in [0.1, 0.15) is 5.57 Å². The maximum Gasteiger partial charge on any atom is 0.264 e. The summed E-state index contributed by atoms with van der Waals surface area (Å²) in [6.45, 7) is 0. The topological polar surface area (TPSA) is 136 Å². The van der Waals surface area contributed by atoms with Gasteiger partial charge in [-0.2, -0.15) is 0 Å². The molecule has 1 aliphatic heterocycles. The number of hydrogen-bond acceptors (Lipinski definition) is 11. The van der Waals surface area contributed by atoms with Crippen molar-refractivity contribution in [1.82, 2.24) is 31.0 Å². The van der Waals surface area contributed by atoms with Crippen LogP contribution in [-0.4, -0.2) is 37.3 Å². The van der Waals surface area contributed by atoms with Crippen molar-refractivity contribution < 1.29 is 18.4 Å². The molecule has 1 aliphatic rings. The molecule has 1 saturated heterocycles. The fraction of sp³-hybridized carbons (Fsp3) is 0.0870. The Morgan fingerprint density at radius 2 is 1.16 bits per heavy atom. The van der Waals surface area contributed by atoms with Crippen molar-refractivity contribution in [2.75, 3.05) is 0 Å². The zero-order chi connectivity index (χ0) is 26.6. The largest absolute Gasteiger partial charge is 0.420 e. The SMILES string of the molecule is O=C1NC(=S)NC(=O)C1=C(SCc1nnc(-c2ccc(Cl)cc2)o1)SCc1nnc(-c2ccc(Cl)cc2)o1. The summed E-state index contributed by atoms with van der Waals surface area (Å²) in [5.74, 6) is 0.384. The van der Waals surface area contributed by atoms with E-state index in [1.54, 1.807) is 48.5 Å². The Balaban J connectivity index is 1.33. The van der Waals surface area contributed by atoms with E-state index >= 15 is 0 Å². The Morgan fingerprint density at radius 3 is 1.58 bits per heavy atom. The quantitative estimate of drug-likeness (QED) is 0.160. The Kier molecular flexibility index (Phi) is 8.09. The van der Waals surface area contributed by atoms with Gasteiger partial charge in [-0.05, 0) is 60.7 Å². The monoisotopic (exact) mass is 604 g/mol. The minimum atomic E-state index is -0.617. The van der Waals surface area contributed by atoms with Crippen molar-refractivity contribution >= 4 is 75.9 Å². The zero-order valence-corrected chi connectivity index (χ0v) is 22.9. The third-order valence-corrected chi connectivity index (χ3v) is 8.01. The number of thiocarbonyl (C=S) groups is 1. The molecule has 0 unspecified atom stereocenters. The van der Waals surface area contributed by atoms with Gasteiger partial charge in [-0.15, -0.1) is 43.9 Å². The number of carbonyl (C=O) groups excluding carboxylic acids is 2. The van der Waals surface area contributed by atoms with E-state index in [0.29, 0.717) is 49.0 Å². The first-order chi connectivity index (χ1) is 18.4. The lowest BCUT2D eigenvalue weighted by atomic mass is 10.2. The first kappa shape index (κ1) is 26.4. The van der Waals surface area contributed by atoms with Crippen LogP contribution in [0.3, 0.4) is 0 Å². The van der Waals surface area contributed by atoms with Crippen LogP contribution in [-0.2, 0) is 21.1 Å². The average Bonchev–Trinajstić information content (AvgIpc) is 3.56. The summed E-state index contributed by atoms with van der Waals surface area (Å²) in [6.07, 6.45) is 0. The van der Waals surface area contributed by atoms with Gasteiger partial charge >= 0.3 is 0 Å². The molecule has 0 atom stereocenters. The van der Waals surface area contributed by atoms with Gasteiger partial charge in [-0.3, -0.25) is 20.2 Å². The zero-order valence-electron chi connectivity index (χ0n) is 18.9. The Hall–Kier alpha value is -3.23. The highest BCUT2D eigenvalue weighted by Crippen LogP contribution is 2.37. The standard InChI is InChI=1S/C23H14Cl2N6O4S3/c24-13-5-1-11(2-6-13)20-30-28-15(34-20)9-37-22(17-18(32)26-23(36)27-19(17)33)38-10-16-29-31-21(35-16)12-3-7-14(25)8-4-12/h1-8H,9-10H2,(H2,26,27,32,33,36). The molecule has 3 heterocycles. The van der Waals surface area contributed by atoms with Crippen LogP contribution < -0.4 is 10.6 Å². The maximum absolute atomic E-state index is 12.6. The van der Waals surface area contributed by atoms with Gasteiger partial charge < -0.3 is 8.83 Å². The summed E-state index contributed by atoms with van der Waals surface area (Å²) in [4.78, 5) is 25.3. The van der Waals surface area contributed by atoms with E-state index in [2.05, 4.69) is 31.0 Å². The van der Waals surface area contributed by atoms with Gasteiger partial charge in [0.05, 0.1) is 15.7 Å². The van der Waals surface area contributed by atoms with E-state index < -0.39 is 11.8 Å². The normalized spacial score (nSPS) is 13.4. The van der Waals surface area contributed by atoms with Gasteiger partial charge in [0.25, 0.3) is 11.8 Å². The molecular formula is C23H14Cl2N6O4S3. The van der Waals surface area contributed by atoms with Crippen LogP contribution >= 0.6 is 58.9 Å². The highest BCUT2D eigenvalue weighted by atomic mass is 35.5. The van der Waals surface area contributed by atoms with E-state index in [9.17, 15) is 9.59 Å². The molecule has 10 nitrogen and oxygen atoms in total. The van der Waals surface area contributed by atoms with Crippen LogP contribution in [0.2, 0.25) is 10.0 Å². The van der Waals surface area contributed by atoms with Crippen LogP contribution in [0.4, 0.5) is 0 Å². The van der Waals surface area contributed by atoms with Crippen molar-refractivity contribution in [1.29, 1.82) is 0 Å². The molecule has 1 fully saturated rings. The Bertz CT molecular complexity index is 1440. The molecule has 5 rings (SSSR count). The van der Waals surface area contributed by atoms with Crippen LogP contribution in [0.15, 0.2) is 67.2 Å². The van der Waals surface area contributed by atoms with Gasteiger partial charge in [0.15, 0.2) is 5.11 Å². The molecule has 38 heavy (non-hydrogen) atoms. The number of thioether (sulfide) groups is 2. The lowest BCUT2D eigenvalue weighted by molar-refractivity contribution is -0.123. The predicted octanol–water partition coefficient (Wildman–Crippen LogP) is 5.00. The molecule has 2 amide bonds. The first-order valence-corrected chi connectivity index (χ1v) is 13.8. The molecule has 2 aromatic heterocycles. The number of nitrogens with one attached hydrogen (secondary N) is 2. The Morgan fingerprint density at radius 1 is 0.737 bits per heavy atom. The summed E-state index contributed by atoms with van der Waals surface area (Å²) in [5.41, 5.74) is 1.32. The first-order valence-electron chi connectivity index (χ1n) is 10.7. The van der Waals surface area contributed by atoms with E-state index in [1.165, 1.54) is 23.5 Å². The van der Waals surface area contributed by atoms with Crippen molar-refractivity contribution in [2.45, 2.75) is 11.5 Å². The molecular weight excluding hydrogens is 591 g/mol. The fourth-order valence-electron chi connectivity index (χ4n) is 3.13. The molecule has 0 radical (unpaired) electrons. The van der Waals surface area contributed by atoms with E-state index in [4.69, 9.17) is 44.3 Å². The summed E-state index contributed by atoms with van der Waals surface area (Å²) >= 11 is 19.1. The smallest absolute Gasteiger partial charge is 0.264 e. The minimum absolute atomic E-state index is 0.0629. The van der Waals surface area contributed by atoms with E-state index in [-0.39, 0.29) is 22.2 Å². The summed E-state index contributed by atoms with van der Waals surface area (Å²) in [7, 11) is 0. The molecule has 2 N–H and O–H groups in total. The number of rotatable bonds is 8. The lowest BCUT2D eigenvalue weighted by Crippen LogP contribution is -2.51. The van der Waals surface area contributed by atoms with Crippen LogP contribution in [0.1, 0.15) is 11.8 Å². The molecule has 0 bridgehead atoms. The second-order valence-electron chi connectivity index (χ2n) is 7.49. The van der Waals surface area contributed by atoms with Crippen molar-refractivity contribution in [2.24, 2.45) is 0 Å². The van der Waals surface area contributed by atoms with Gasteiger partial charge in [-0.25, -0.2) is 0 Å². The number of hydrogen-bond donors (Lipinski definition) is 2. The lowest BCUT2D eigenvalue weighted by Gasteiger charge is -2.19. The fourth-order valence-corrected chi connectivity index (χ4v) is 5.66. The molecule has 0 spiro atoms. The number of nitrogens with zero attached hydrogens (tertiary/aromatic N) is 4. The highest BCUT2D eigenvalue weighted by Gasteiger charge is 2.30. The molecule has 2 aromatic carbocycles. The minimum Gasteiger partial charge on any atom is -0.420 e. The predicted molar refractivity (Wildman–Crippen MR) is 148 cm³/mol. The molecule has 0 saturated carbocycles. The van der Waals surface area contributed by atoms with Crippen LogP contribution in [0, 0.1) is 0 Å². The molecule has 15 heteroatoms. The number of carbonyl (C=O) groups is 2. The molecule has 0 aliphatic carbocycles. The van der Waals surface area contributed by atoms with E-state index in [1.807, 2.05) is 0 Å². The second kappa shape index (κ2) is 11.7. The van der Waals surface area contributed by atoms with Crippen molar-refractivity contribution in [3.63, 3.8) is 0 Å². The summed E-state index contributed by atoms with van der Waals surface area (Å²) < 4.78 is 11.9. The number of benzene rings is 2. The third kappa shape index (κ3) is 6.25. The Labute approximate surface area is 239 Å². The van der Waals surface area contributed by atoms with Gasteiger partial charge in [0, 0.05) is 21.2 Å². The van der Waals surface area contributed by atoms with Gasteiger partial charge in [0.2, 0.25) is 23.6 Å². The number of aromatic nitrogens is 4. The molecule has 4 aromatic rings. The van der Waals surface area contributed by atoms with Crippen molar-refractivity contribution in [3.05, 3.63) is 80.2 Å². The van der Waals surface area contributed by atoms with Crippen molar-refractivity contribution in [3.8, 4) is 22.9 Å². The third-order valence-electron chi connectivity index (χ3n) is 4.88. The average molecular weight is 606 g/mol. The maximum atomic E-state index is 12.6. The summed E-state index contributed by atoms with van der Waals surface area (Å²) in [5, 5.41) is 22.3. The van der Waals surface area contributed by atoms with E-state index in [0.717, 1.165) is 0 Å². The van der Waals surface area contributed by atoms with Gasteiger partial charge in [-0.1, -0.05) is 23.2 Å². The second-order valence-corrected chi connectivity index (χ2v) is 11.0. The van der Waals surface area contributed by atoms with Crippen LogP contribution in [0.25, 0.3) is 22.9 Å². The number of amides is 2. The van der Waals surface area contributed by atoms with Crippen LogP contribution in [0.5, 0.6) is 0 Å².